The number of carbonyl (C=O) groups excluding carboxylic acids is 2. The third kappa shape index (κ3) is 5.25. The molecule has 7 nitrogen and oxygen atoms in total. The zero-order valence-corrected chi connectivity index (χ0v) is 22.2. The maximum absolute atomic E-state index is 13.2. The number of methoxy groups -OCH3 is 1. The van der Waals surface area contributed by atoms with Crippen molar-refractivity contribution >= 4 is 18.0 Å². The van der Waals surface area contributed by atoms with Crippen LogP contribution in [0.2, 0.25) is 0 Å². The first-order valence-corrected chi connectivity index (χ1v) is 13.4. The summed E-state index contributed by atoms with van der Waals surface area (Å²) in [6, 6.07) is 9.84. The number of benzene rings is 1. The van der Waals surface area contributed by atoms with Gasteiger partial charge in [0.2, 0.25) is 5.91 Å². The molecule has 1 amide bonds. The molecule has 0 bridgehead atoms. The highest BCUT2D eigenvalue weighted by molar-refractivity contribution is 5.91. The van der Waals surface area contributed by atoms with Gasteiger partial charge in [0.1, 0.15) is 5.75 Å². The molecule has 3 fully saturated rings. The minimum Gasteiger partial charge on any atom is -0.472 e. The standard InChI is InChI=1S/C30H38N2O5/c1-22(33)37-27-6-4-5-25(17-27)29-14-15-32(19-23-7-8-23)21-30(29,35-3)13-11-26(18-29)31(2)28(34)10-9-24-12-16-36-20-24/h4-6,9-10,12,16-17,20,23,26H,7-8,11,13-15,18-19,21H2,1-3H3/b10-9+/t26-,29+,30+/m1/s1. The summed E-state index contributed by atoms with van der Waals surface area (Å²) in [4.78, 5) is 29.3. The van der Waals surface area contributed by atoms with Crippen LogP contribution in [-0.4, -0.2) is 67.1 Å². The summed E-state index contributed by atoms with van der Waals surface area (Å²) in [6.07, 6.45) is 12.7. The Bertz CT molecular complexity index is 1140. The van der Waals surface area contributed by atoms with Crippen LogP contribution in [0.1, 0.15) is 56.6 Å². The Morgan fingerprint density at radius 3 is 2.76 bits per heavy atom. The molecule has 2 aliphatic carbocycles. The van der Waals surface area contributed by atoms with Gasteiger partial charge in [-0.25, -0.2) is 0 Å². The molecule has 37 heavy (non-hydrogen) atoms. The number of nitrogens with zero attached hydrogens (tertiary/aromatic N) is 2. The van der Waals surface area contributed by atoms with Gasteiger partial charge in [0.15, 0.2) is 0 Å². The minimum atomic E-state index is -0.373. The molecule has 2 saturated carbocycles. The molecule has 7 heteroatoms. The number of hydrogen-bond donors (Lipinski definition) is 0. The molecule has 0 unspecified atom stereocenters. The van der Waals surface area contributed by atoms with Crippen LogP contribution in [0, 0.1) is 5.92 Å². The van der Waals surface area contributed by atoms with Gasteiger partial charge >= 0.3 is 5.97 Å². The van der Waals surface area contributed by atoms with Crippen molar-refractivity contribution < 1.29 is 23.5 Å². The third-order valence-corrected chi connectivity index (χ3v) is 8.78. The predicted octanol–water partition coefficient (Wildman–Crippen LogP) is 4.67. The lowest BCUT2D eigenvalue weighted by Crippen LogP contribution is -2.68. The normalized spacial score (nSPS) is 28.1. The third-order valence-electron chi connectivity index (χ3n) is 8.78. The lowest BCUT2D eigenvalue weighted by atomic mass is 9.55. The van der Waals surface area contributed by atoms with Gasteiger partial charge in [0.25, 0.3) is 0 Å². The Kier molecular flexibility index (Phi) is 7.28. The minimum absolute atomic E-state index is 0.0221. The molecule has 198 valence electrons. The van der Waals surface area contributed by atoms with Crippen LogP contribution in [0.15, 0.2) is 53.4 Å². The summed E-state index contributed by atoms with van der Waals surface area (Å²) < 4.78 is 17.1. The van der Waals surface area contributed by atoms with E-state index in [4.69, 9.17) is 13.9 Å². The Balaban J connectivity index is 1.45. The van der Waals surface area contributed by atoms with Crippen molar-refractivity contribution in [3.63, 3.8) is 0 Å². The molecule has 1 aliphatic heterocycles. The Morgan fingerprint density at radius 1 is 1.22 bits per heavy atom. The summed E-state index contributed by atoms with van der Waals surface area (Å²) in [7, 11) is 3.74. The van der Waals surface area contributed by atoms with Crippen molar-refractivity contribution in [3.8, 4) is 5.75 Å². The van der Waals surface area contributed by atoms with Crippen molar-refractivity contribution in [1.82, 2.24) is 9.80 Å². The van der Waals surface area contributed by atoms with Crippen LogP contribution in [0.25, 0.3) is 6.08 Å². The average molecular weight is 507 g/mol. The smallest absolute Gasteiger partial charge is 0.308 e. The summed E-state index contributed by atoms with van der Waals surface area (Å²) in [5.74, 6) is 1.02. The number of hydrogen-bond acceptors (Lipinski definition) is 6. The van der Waals surface area contributed by atoms with Crippen LogP contribution < -0.4 is 4.74 Å². The average Bonchev–Trinajstić information content (AvgIpc) is 3.55. The van der Waals surface area contributed by atoms with E-state index in [9.17, 15) is 9.59 Å². The lowest BCUT2D eigenvalue weighted by molar-refractivity contribution is -0.159. The first-order chi connectivity index (χ1) is 17.8. The molecule has 1 saturated heterocycles. The van der Waals surface area contributed by atoms with E-state index in [1.807, 2.05) is 43.3 Å². The van der Waals surface area contributed by atoms with Gasteiger partial charge in [-0.3, -0.25) is 9.59 Å². The second-order valence-corrected chi connectivity index (χ2v) is 11.1. The van der Waals surface area contributed by atoms with Crippen LogP contribution in [0.5, 0.6) is 5.75 Å². The molecule has 0 N–H and O–H groups in total. The molecule has 1 aromatic carbocycles. The second-order valence-electron chi connectivity index (χ2n) is 11.1. The number of likely N-dealkylation sites (N-methyl/N-ethyl adjacent to an activating group) is 1. The molecule has 1 aromatic heterocycles. The van der Waals surface area contributed by atoms with E-state index >= 15 is 0 Å². The second kappa shape index (κ2) is 10.5. The first kappa shape index (κ1) is 25.7. The van der Waals surface area contributed by atoms with Crippen molar-refractivity contribution in [2.24, 2.45) is 5.92 Å². The number of likely N-dealkylation sites (tertiary alicyclic amines) is 1. The van der Waals surface area contributed by atoms with Crippen molar-refractivity contribution in [1.29, 1.82) is 0 Å². The van der Waals surface area contributed by atoms with Crippen LogP contribution in [0.4, 0.5) is 0 Å². The highest BCUT2D eigenvalue weighted by Gasteiger charge is 2.59. The van der Waals surface area contributed by atoms with Crippen LogP contribution in [-0.2, 0) is 19.7 Å². The molecule has 5 rings (SSSR count). The topological polar surface area (TPSA) is 72.2 Å². The monoisotopic (exact) mass is 506 g/mol. The fourth-order valence-electron chi connectivity index (χ4n) is 6.58. The number of carbonyl (C=O) groups is 2. The van der Waals surface area contributed by atoms with Gasteiger partial charge in [-0.2, -0.15) is 0 Å². The van der Waals surface area contributed by atoms with Crippen LogP contribution in [0.3, 0.4) is 0 Å². The number of ether oxygens (including phenoxy) is 2. The van der Waals surface area contributed by atoms with Crippen molar-refractivity contribution in [2.75, 3.05) is 33.8 Å². The lowest BCUT2D eigenvalue weighted by Gasteiger charge is -2.60. The van der Waals surface area contributed by atoms with Gasteiger partial charge in [0, 0.05) is 57.3 Å². The van der Waals surface area contributed by atoms with Gasteiger partial charge in [0.05, 0.1) is 18.1 Å². The molecule has 2 aromatic rings. The van der Waals surface area contributed by atoms with E-state index in [0.29, 0.717) is 5.75 Å². The van der Waals surface area contributed by atoms with Gasteiger partial charge in [-0.15, -0.1) is 0 Å². The Morgan fingerprint density at radius 2 is 2.05 bits per heavy atom. The zero-order valence-electron chi connectivity index (χ0n) is 22.2. The summed E-state index contributed by atoms with van der Waals surface area (Å²) >= 11 is 0. The highest BCUT2D eigenvalue weighted by Crippen LogP contribution is 2.54. The molecule has 0 radical (unpaired) electrons. The number of piperidine rings is 1. The van der Waals surface area contributed by atoms with Crippen molar-refractivity contribution in [2.45, 2.75) is 62.5 Å². The zero-order chi connectivity index (χ0) is 26.0. The summed E-state index contributed by atoms with van der Waals surface area (Å²) in [6.45, 7) is 4.43. The van der Waals surface area contributed by atoms with E-state index < -0.39 is 0 Å². The predicted molar refractivity (Wildman–Crippen MR) is 141 cm³/mol. The molecule has 0 spiro atoms. The molecular weight excluding hydrogens is 468 g/mol. The molecular formula is C30H38N2O5. The van der Waals surface area contributed by atoms with E-state index in [1.54, 1.807) is 24.7 Å². The number of fused-ring (bicyclic) bond motifs is 1. The Hall–Kier alpha value is -2.90. The number of esters is 1. The van der Waals surface area contributed by atoms with E-state index in [2.05, 4.69) is 11.0 Å². The fraction of sp³-hybridized carbons (Fsp3) is 0.533. The highest BCUT2D eigenvalue weighted by atomic mass is 16.5. The largest absolute Gasteiger partial charge is 0.472 e. The van der Waals surface area contributed by atoms with E-state index in [0.717, 1.165) is 62.4 Å². The first-order valence-electron chi connectivity index (χ1n) is 13.4. The van der Waals surface area contributed by atoms with Crippen molar-refractivity contribution in [3.05, 3.63) is 60.1 Å². The maximum atomic E-state index is 13.2. The number of furan rings is 1. The molecule has 3 atom stereocenters. The summed E-state index contributed by atoms with van der Waals surface area (Å²) in [5.41, 5.74) is 1.32. The Labute approximate surface area is 219 Å². The molecule has 3 aliphatic rings. The SMILES string of the molecule is CO[C@]12CC[C@@H](N(C)C(=O)/C=C/c3ccoc3)C[C@]1(c1cccc(OC(C)=O)c1)CCN(CC1CC1)C2. The van der Waals surface area contributed by atoms with Gasteiger partial charge in [-0.1, -0.05) is 12.1 Å². The maximum Gasteiger partial charge on any atom is 0.308 e. The van der Waals surface area contributed by atoms with Gasteiger partial charge < -0.3 is 23.7 Å². The summed E-state index contributed by atoms with van der Waals surface area (Å²) in [5, 5.41) is 0. The quantitative estimate of drug-likeness (QED) is 0.294. The van der Waals surface area contributed by atoms with E-state index in [-0.39, 0.29) is 28.9 Å². The van der Waals surface area contributed by atoms with Gasteiger partial charge in [-0.05, 0) is 80.8 Å². The van der Waals surface area contributed by atoms with Crippen LogP contribution >= 0.6 is 0 Å². The number of amides is 1. The molecule has 2 heterocycles. The van der Waals surface area contributed by atoms with E-state index in [1.165, 1.54) is 19.8 Å². The number of rotatable bonds is 8. The fourth-order valence-corrected chi connectivity index (χ4v) is 6.58.